The van der Waals surface area contributed by atoms with Gasteiger partial charge >= 0.3 is 5.97 Å². The zero-order valence-electron chi connectivity index (χ0n) is 7.60. The minimum absolute atomic E-state index is 0.0111. The highest BCUT2D eigenvalue weighted by Gasteiger charge is 2.08. The van der Waals surface area contributed by atoms with Crippen LogP contribution in [0.4, 0.5) is 0 Å². The molecule has 2 aromatic heterocycles. The molecule has 15 heavy (non-hydrogen) atoms. The first-order valence-electron chi connectivity index (χ1n) is 4.21. The van der Waals surface area contributed by atoms with E-state index in [2.05, 4.69) is 15.0 Å². The van der Waals surface area contributed by atoms with Crippen LogP contribution in [0.2, 0.25) is 0 Å². The number of aromatic amines is 1. The fourth-order valence-electron chi connectivity index (χ4n) is 1.23. The number of carboxylic acid groups (broad SMARTS) is 1. The Morgan fingerprint density at radius 2 is 2.33 bits per heavy atom. The van der Waals surface area contributed by atoms with Crippen LogP contribution in [0.15, 0.2) is 23.3 Å². The molecule has 0 aromatic carbocycles. The number of carboxylic acids is 1. The maximum absolute atomic E-state index is 11.4. The van der Waals surface area contributed by atoms with Crippen molar-refractivity contribution in [1.82, 2.24) is 15.0 Å². The van der Waals surface area contributed by atoms with E-state index in [0.717, 1.165) is 0 Å². The van der Waals surface area contributed by atoms with E-state index in [9.17, 15) is 9.59 Å². The van der Waals surface area contributed by atoms with Gasteiger partial charge in [0.05, 0.1) is 18.1 Å². The summed E-state index contributed by atoms with van der Waals surface area (Å²) >= 11 is 0. The van der Waals surface area contributed by atoms with Crippen molar-refractivity contribution in [2.45, 2.75) is 6.42 Å². The predicted octanol–water partition coefficient (Wildman–Crippen LogP) is -0.0548. The normalized spacial score (nSPS) is 10.4. The Hall–Kier alpha value is -2.24. The van der Waals surface area contributed by atoms with Gasteiger partial charge in [0, 0.05) is 6.20 Å². The Bertz CT molecular complexity index is 576. The van der Waals surface area contributed by atoms with Crippen LogP contribution in [0.3, 0.4) is 0 Å². The van der Waals surface area contributed by atoms with E-state index in [1.54, 1.807) is 6.07 Å². The van der Waals surface area contributed by atoms with Crippen molar-refractivity contribution in [3.8, 4) is 0 Å². The van der Waals surface area contributed by atoms with Gasteiger partial charge in [0.1, 0.15) is 11.2 Å². The molecule has 2 heterocycles. The van der Waals surface area contributed by atoms with Gasteiger partial charge in [-0.15, -0.1) is 0 Å². The lowest BCUT2D eigenvalue weighted by molar-refractivity contribution is -0.136. The SMILES string of the molecule is O=C(O)Cc1nc2cnccc2[nH]c1=O. The maximum atomic E-state index is 11.4. The molecule has 6 nitrogen and oxygen atoms in total. The molecule has 0 fully saturated rings. The highest BCUT2D eigenvalue weighted by atomic mass is 16.4. The van der Waals surface area contributed by atoms with Crippen molar-refractivity contribution in [2.75, 3.05) is 0 Å². The quantitative estimate of drug-likeness (QED) is 0.716. The zero-order chi connectivity index (χ0) is 10.8. The van der Waals surface area contributed by atoms with Crippen LogP contribution in [0, 0.1) is 0 Å². The molecule has 0 radical (unpaired) electrons. The van der Waals surface area contributed by atoms with Crippen LogP contribution in [-0.4, -0.2) is 26.0 Å². The summed E-state index contributed by atoms with van der Waals surface area (Å²) in [5, 5.41) is 8.56. The molecule has 0 saturated heterocycles. The number of aromatic nitrogens is 3. The molecule has 2 aromatic rings. The van der Waals surface area contributed by atoms with Crippen molar-refractivity contribution in [3.63, 3.8) is 0 Å². The number of nitrogens with zero attached hydrogens (tertiary/aromatic N) is 2. The van der Waals surface area contributed by atoms with Crippen LogP contribution >= 0.6 is 0 Å². The molecule has 0 aliphatic carbocycles. The molecule has 0 atom stereocenters. The largest absolute Gasteiger partial charge is 0.481 e. The van der Waals surface area contributed by atoms with Gasteiger partial charge in [-0.05, 0) is 6.07 Å². The smallest absolute Gasteiger partial charge is 0.309 e. The van der Waals surface area contributed by atoms with Gasteiger partial charge in [0.25, 0.3) is 5.56 Å². The standard InChI is InChI=1S/C9H7N3O3/c13-8(14)3-6-9(15)12-5-1-2-10-4-7(5)11-6/h1-2,4H,3H2,(H,12,15)(H,13,14). The number of hydrogen-bond acceptors (Lipinski definition) is 4. The fraction of sp³-hybridized carbons (Fsp3) is 0.111. The second-order valence-electron chi connectivity index (χ2n) is 2.98. The van der Waals surface area contributed by atoms with Crippen LogP contribution in [0.5, 0.6) is 0 Å². The molecule has 0 amide bonds. The molecule has 76 valence electrons. The number of rotatable bonds is 2. The Kier molecular flexibility index (Phi) is 2.17. The summed E-state index contributed by atoms with van der Waals surface area (Å²) in [4.78, 5) is 32.1. The molecular weight excluding hydrogens is 198 g/mol. The van der Waals surface area contributed by atoms with Gasteiger partial charge in [0.2, 0.25) is 0 Å². The number of fused-ring (bicyclic) bond motifs is 1. The Labute approximate surface area is 83.6 Å². The summed E-state index contributed by atoms with van der Waals surface area (Å²) in [7, 11) is 0. The average Bonchev–Trinajstić information content (AvgIpc) is 2.18. The molecule has 0 spiro atoms. The lowest BCUT2D eigenvalue weighted by Gasteiger charge is -1.98. The third-order valence-electron chi connectivity index (χ3n) is 1.88. The first-order chi connectivity index (χ1) is 7.16. The van der Waals surface area contributed by atoms with Crippen LogP contribution in [0.25, 0.3) is 11.0 Å². The average molecular weight is 205 g/mol. The number of hydrogen-bond donors (Lipinski definition) is 2. The zero-order valence-corrected chi connectivity index (χ0v) is 7.60. The summed E-state index contributed by atoms with van der Waals surface area (Å²) < 4.78 is 0. The Morgan fingerprint density at radius 1 is 1.53 bits per heavy atom. The van der Waals surface area contributed by atoms with E-state index in [4.69, 9.17) is 5.11 Å². The van der Waals surface area contributed by atoms with Crippen molar-refractivity contribution >= 4 is 17.0 Å². The highest BCUT2D eigenvalue weighted by molar-refractivity contribution is 5.74. The summed E-state index contributed by atoms with van der Waals surface area (Å²) in [6.07, 6.45) is 2.60. The van der Waals surface area contributed by atoms with Crippen molar-refractivity contribution in [1.29, 1.82) is 0 Å². The van der Waals surface area contributed by atoms with E-state index in [1.807, 2.05) is 0 Å². The number of H-pyrrole nitrogens is 1. The molecule has 0 aliphatic heterocycles. The Morgan fingerprint density at radius 3 is 3.07 bits per heavy atom. The van der Waals surface area contributed by atoms with Gasteiger partial charge in [-0.2, -0.15) is 0 Å². The molecule has 2 rings (SSSR count). The third kappa shape index (κ3) is 1.83. The second kappa shape index (κ2) is 3.49. The molecule has 2 N–H and O–H groups in total. The minimum atomic E-state index is -1.09. The predicted molar refractivity (Wildman–Crippen MR) is 51.5 cm³/mol. The summed E-state index contributed by atoms with van der Waals surface area (Å²) in [6.45, 7) is 0. The second-order valence-corrected chi connectivity index (χ2v) is 2.98. The van der Waals surface area contributed by atoms with E-state index in [0.29, 0.717) is 11.0 Å². The summed E-state index contributed by atoms with van der Waals surface area (Å²) in [5.74, 6) is -1.09. The molecule has 0 saturated carbocycles. The molecule has 6 heteroatoms. The topological polar surface area (TPSA) is 95.9 Å². The van der Waals surface area contributed by atoms with Crippen molar-refractivity contribution in [2.24, 2.45) is 0 Å². The lowest BCUT2D eigenvalue weighted by atomic mass is 10.3. The number of carbonyl (C=O) groups is 1. The first kappa shape index (κ1) is 9.32. The van der Waals surface area contributed by atoms with Gasteiger partial charge in [-0.25, -0.2) is 4.98 Å². The van der Waals surface area contributed by atoms with Crippen LogP contribution in [0.1, 0.15) is 5.69 Å². The van der Waals surface area contributed by atoms with E-state index in [1.165, 1.54) is 12.4 Å². The van der Waals surface area contributed by atoms with E-state index < -0.39 is 11.5 Å². The van der Waals surface area contributed by atoms with Crippen molar-refractivity contribution < 1.29 is 9.90 Å². The summed E-state index contributed by atoms with van der Waals surface area (Å²) in [6, 6.07) is 1.61. The third-order valence-corrected chi connectivity index (χ3v) is 1.88. The van der Waals surface area contributed by atoms with E-state index >= 15 is 0 Å². The van der Waals surface area contributed by atoms with Gasteiger partial charge in [-0.1, -0.05) is 0 Å². The van der Waals surface area contributed by atoms with Gasteiger partial charge < -0.3 is 10.1 Å². The molecular formula is C9H7N3O3. The molecule has 0 unspecified atom stereocenters. The number of pyridine rings is 1. The van der Waals surface area contributed by atoms with Gasteiger partial charge in [0.15, 0.2) is 0 Å². The van der Waals surface area contributed by atoms with Crippen LogP contribution < -0.4 is 5.56 Å². The number of aliphatic carboxylic acids is 1. The van der Waals surface area contributed by atoms with Gasteiger partial charge in [-0.3, -0.25) is 14.6 Å². The van der Waals surface area contributed by atoms with Crippen LogP contribution in [-0.2, 0) is 11.2 Å². The Balaban J connectivity index is 2.62. The lowest BCUT2D eigenvalue weighted by Crippen LogP contribution is -2.18. The van der Waals surface area contributed by atoms with Crippen molar-refractivity contribution in [3.05, 3.63) is 34.5 Å². The maximum Gasteiger partial charge on any atom is 0.309 e. The number of nitrogens with one attached hydrogen (secondary N) is 1. The first-order valence-corrected chi connectivity index (χ1v) is 4.21. The monoisotopic (exact) mass is 205 g/mol. The molecule has 0 bridgehead atoms. The minimum Gasteiger partial charge on any atom is -0.481 e. The fourth-order valence-corrected chi connectivity index (χ4v) is 1.23. The summed E-state index contributed by atoms with van der Waals surface area (Å²) in [5.41, 5.74) is 0.539. The molecule has 0 aliphatic rings. The van der Waals surface area contributed by atoms with E-state index in [-0.39, 0.29) is 12.1 Å². The highest BCUT2D eigenvalue weighted by Crippen LogP contribution is 2.03.